The van der Waals surface area contributed by atoms with E-state index in [2.05, 4.69) is 20.4 Å². The number of aliphatic hydroxyl groups excluding tert-OH is 1. The van der Waals surface area contributed by atoms with Crippen molar-refractivity contribution in [1.29, 1.82) is 0 Å². The van der Waals surface area contributed by atoms with E-state index in [1.54, 1.807) is 44.9 Å². The van der Waals surface area contributed by atoms with Crippen LogP contribution in [0.4, 0.5) is 21.0 Å². The summed E-state index contributed by atoms with van der Waals surface area (Å²) in [5.41, 5.74) is 2.22. The summed E-state index contributed by atoms with van der Waals surface area (Å²) < 4.78 is 16.8. The van der Waals surface area contributed by atoms with E-state index in [1.165, 1.54) is 6.08 Å². The second kappa shape index (κ2) is 8.45. The number of hydrogen-bond acceptors (Lipinski definition) is 6. The van der Waals surface area contributed by atoms with Crippen LogP contribution in [0.15, 0.2) is 59.8 Å². The molecule has 1 amide bonds. The van der Waals surface area contributed by atoms with Gasteiger partial charge < -0.3 is 15.3 Å². The minimum absolute atomic E-state index is 0.105. The number of carbonyl (C=O) groups is 1. The maximum absolute atomic E-state index is 13.6. The second-order valence-corrected chi connectivity index (χ2v) is 8.42. The Morgan fingerprint density at radius 1 is 1.36 bits per heavy atom. The number of anilines is 2. The molecule has 4 heterocycles. The van der Waals surface area contributed by atoms with E-state index < -0.39 is 11.9 Å². The van der Waals surface area contributed by atoms with Gasteiger partial charge in [-0.25, -0.2) is 19.2 Å². The number of nitrogens with zero attached hydrogens (tertiary/aromatic N) is 6. The zero-order chi connectivity index (χ0) is 23.1. The van der Waals surface area contributed by atoms with Crippen LogP contribution >= 0.6 is 11.6 Å². The summed E-state index contributed by atoms with van der Waals surface area (Å²) in [6, 6.07) is 4.72. The predicted octanol–water partition coefficient (Wildman–Crippen LogP) is 3.56. The molecular formula is C22H21ClFN7O2. The van der Waals surface area contributed by atoms with Crippen molar-refractivity contribution in [3.63, 3.8) is 0 Å². The van der Waals surface area contributed by atoms with E-state index >= 15 is 0 Å². The highest BCUT2D eigenvalue weighted by molar-refractivity contribution is 6.30. The molecule has 11 heteroatoms. The number of halogens is 2. The highest BCUT2D eigenvalue weighted by Crippen LogP contribution is 2.34. The van der Waals surface area contributed by atoms with E-state index in [0.29, 0.717) is 18.2 Å². The number of rotatable bonds is 6. The molecule has 33 heavy (non-hydrogen) atoms. The third-order valence-electron chi connectivity index (χ3n) is 5.94. The smallest absolute Gasteiger partial charge is 0.329 e. The Kier molecular flexibility index (Phi) is 5.47. The Labute approximate surface area is 193 Å². The zero-order valence-corrected chi connectivity index (χ0v) is 18.4. The van der Waals surface area contributed by atoms with Crippen molar-refractivity contribution in [2.45, 2.75) is 19.0 Å². The molecule has 170 valence electrons. The average molecular weight is 470 g/mol. The number of amides is 1. The Bertz CT molecular complexity index is 1280. The van der Waals surface area contributed by atoms with Crippen LogP contribution in [0.5, 0.6) is 0 Å². The zero-order valence-electron chi connectivity index (χ0n) is 17.7. The summed E-state index contributed by atoms with van der Waals surface area (Å²) in [6.45, 7) is 0.0720. The molecule has 3 aromatic rings. The molecule has 0 aromatic carbocycles. The Morgan fingerprint density at radius 2 is 2.21 bits per heavy atom. The number of hydrogen-bond donors (Lipinski definition) is 2. The first-order chi connectivity index (χ1) is 15.9. The summed E-state index contributed by atoms with van der Waals surface area (Å²) in [5.74, 6) is 0.420. The first kappa shape index (κ1) is 21.4. The largest absolute Gasteiger partial charge is 0.394 e. The van der Waals surface area contributed by atoms with Gasteiger partial charge in [-0.3, -0.25) is 9.25 Å². The number of carbonyl (C=O) groups excluding carboxylic acids is 1. The van der Waals surface area contributed by atoms with Gasteiger partial charge in [0, 0.05) is 42.7 Å². The molecule has 2 aliphatic rings. The minimum atomic E-state index is -0.507. The van der Waals surface area contributed by atoms with Crippen molar-refractivity contribution in [3.8, 4) is 11.3 Å². The van der Waals surface area contributed by atoms with Crippen molar-refractivity contribution >= 4 is 29.4 Å². The molecule has 1 unspecified atom stereocenters. The van der Waals surface area contributed by atoms with Gasteiger partial charge in [-0.1, -0.05) is 17.7 Å². The molecule has 5 rings (SSSR count). The number of aliphatic hydroxyl groups is 1. The summed E-state index contributed by atoms with van der Waals surface area (Å²) in [4.78, 5) is 23.5. The first-order valence-corrected chi connectivity index (χ1v) is 10.8. The van der Waals surface area contributed by atoms with Gasteiger partial charge in [-0.2, -0.15) is 5.10 Å². The molecule has 9 nitrogen and oxygen atoms in total. The van der Waals surface area contributed by atoms with Crippen molar-refractivity contribution < 1.29 is 14.3 Å². The molecule has 0 spiro atoms. The lowest BCUT2D eigenvalue weighted by Gasteiger charge is -2.32. The average Bonchev–Trinajstić information content (AvgIpc) is 3.49. The molecule has 3 aromatic heterocycles. The SMILES string of the molecule is Cn1nccc1Nc1nccc(-c2cc3n(c2)C(=O)N([C@H](CO)C2C=CC(F)=C(Cl)C2)C3)n1. The summed E-state index contributed by atoms with van der Waals surface area (Å²) >= 11 is 5.97. The first-order valence-electron chi connectivity index (χ1n) is 10.4. The lowest BCUT2D eigenvalue weighted by molar-refractivity contribution is 0.116. The number of nitrogens with one attached hydrogen (secondary N) is 1. The second-order valence-electron chi connectivity index (χ2n) is 7.96. The van der Waals surface area contributed by atoms with Crippen LogP contribution in [0.2, 0.25) is 0 Å². The standard InChI is InChI=1S/C22H21ClFN7O2/c1-29-20(5-7-26-29)28-21-25-6-4-18(27-21)14-8-15-11-31(22(33)30(15)10-14)19(12-32)13-2-3-17(24)16(23)9-13/h2-8,10,13,19,32H,9,11-12H2,1H3,(H,25,27,28)/t13?,19-/m1/s1. The number of allylic oxidation sites excluding steroid dienone is 3. The lowest BCUT2D eigenvalue weighted by atomic mass is 9.91. The Balaban J connectivity index is 1.35. The van der Waals surface area contributed by atoms with Crippen LogP contribution in [-0.2, 0) is 13.6 Å². The molecule has 0 saturated heterocycles. The van der Waals surface area contributed by atoms with Gasteiger partial charge in [0.2, 0.25) is 5.95 Å². The Morgan fingerprint density at radius 3 is 2.91 bits per heavy atom. The van der Waals surface area contributed by atoms with Gasteiger partial charge in [-0.15, -0.1) is 0 Å². The summed E-state index contributed by atoms with van der Waals surface area (Å²) in [7, 11) is 1.81. The third kappa shape index (κ3) is 3.91. The maximum atomic E-state index is 13.6. The maximum Gasteiger partial charge on any atom is 0.329 e. The van der Waals surface area contributed by atoms with Gasteiger partial charge in [0.25, 0.3) is 0 Å². The number of fused-ring (bicyclic) bond motifs is 1. The summed E-state index contributed by atoms with van der Waals surface area (Å²) in [5, 5.41) is 17.3. The monoisotopic (exact) mass is 469 g/mol. The molecule has 0 radical (unpaired) electrons. The Hall–Kier alpha value is -3.50. The topological polar surface area (TPSA) is 101 Å². The van der Waals surface area contributed by atoms with E-state index in [9.17, 15) is 14.3 Å². The van der Waals surface area contributed by atoms with Gasteiger partial charge in [-0.05, 0) is 24.6 Å². The van der Waals surface area contributed by atoms with Crippen molar-refractivity contribution in [2.75, 3.05) is 11.9 Å². The van der Waals surface area contributed by atoms with E-state index in [-0.39, 0.29) is 30.0 Å². The molecule has 1 aliphatic carbocycles. The van der Waals surface area contributed by atoms with Gasteiger partial charge in [0.1, 0.15) is 11.6 Å². The molecule has 1 aliphatic heterocycles. The van der Waals surface area contributed by atoms with E-state index in [0.717, 1.165) is 17.1 Å². The van der Waals surface area contributed by atoms with Crippen LogP contribution in [0.25, 0.3) is 11.3 Å². The van der Waals surface area contributed by atoms with E-state index in [1.807, 2.05) is 19.2 Å². The fourth-order valence-corrected chi connectivity index (χ4v) is 4.42. The van der Waals surface area contributed by atoms with E-state index in [4.69, 9.17) is 11.6 Å². The highest BCUT2D eigenvalue weighted by Gasteiger charge is 2.37. The van der Waals surface area contributed by atoms with Crippen LogP contribution in [0.1, 0.15) is 12.1 Å². The number of aromatic nitrogens is 5. The molecule has 0 saturated carbocycles. The molecule has 0 bridgehead atoms. The minimum Gasteiger partial charge on any atom is -0.394 e. The summed E-state index contributed by atoms with van der Waals surface area (Å²) in [6.07, 6.45) is 8.24. The van der Waals surface area contributed by atoms with Crippen molar-refractivity contribution in [1.82, 2.24) is 29.2 Å². The van der Waals surface area contributed by atoms with Crippen molar-refractivity contribution in [3.05, 3.63) is 65.5 Å². The quantitative estimate of drug-likeness (QED) is 0.572. The molecule has 2 atom stereocenters. The highest BCUT2D eigenvalue weighted by atomic mass is 35.5. The van der Waals surface area contributed by atoms with Crippen LogP contribution < -0.4 is 5.32 Å². The van der Waals surface area contributed by atoms with Gasteiger partial charge in [0.15, 0.2) is 0 Å². The molecule has 0 fully saturated rings. The van der Waals surface area contributed by atoms with Crippen LogP contribution in [0.3, 0.4) is 0 Å². The third-order valence-corrected chi connectivity index (χ3v) is 6.28. The normalized spacial score (nSPS) is 18.7. The van der Waals surface area contributed by atoms with Crippen LogP contribution in [-0.4, -0.2) is 53.0 Å². The fourth-order valence-electron chi connectivity index (χ4n) is 4.18. The molecular weight excluding hydrogens is 449 g/mol. The van der Waals surface area contributed by atoms with Crippen LogP contribution in [0, 0.1) is 5.92 Å². The lowest BCUT2D eigenvalue weighted by Crippen LogP contribution is -2.44. The van der Waals surface area contributed by atoms with Gasteiger partial charge in [0.05, 0.1) is 36.1 Å². The predicted molar refractivity (Wildman–Crippen MR) is 120 cm³/mol. The number of aryl methyl sites for hydroxylation is 1. The molecule has 2 N–H and O–H groups in total. The van der Waals surface area contributed by atoms with Crippen molar-refractivity contribution in [2.24, 2.45) is 13.0 Å². The van der Waals surface area contributed by atoms with Gasteiger partial charge >= 0.3 is 6.03 Å². The fraction of sp³-hybridized carbons (Fsp3) is 0.273.